The summed E-state index contributed by atoms with van der Waals surface area (Å²) in [5.74, 6) is 1.97. The Morgan fingerprint density at radius 3 is 2.58 bits per heavy atom. The van der Waals surface area contributed by atoms with Gasteiger partial charge < -0.3 is 9.80 Å². The number of fused-ring (bicyclic) bond motifs is 1. The van der Waals surface area contributed by atoms with Gasteiger partial charge in [0.2, 0.25) is 11.8 Å². The van der Waals surface area contributed by atoms with Crippen LogP contribution >= 0.6 is 0 Å². The Bertz CT molecular complexity index is 956. The lowest BCUT2D eigenvalue weighted by Gasteiger charge is -2.49. The molecule has 0 saturated carbocycles. The number of imide groups is 1. The van der Waals surface area contributed by atoms with Crippen molar-refractivity contribution in [2.75, 3.05) is 50.7 Å². The number of piperidine rings is 1. The maximum atomic E-state index is 12.8. The number of carbonyl (C=O) groups excluding carboxylic acids is 3. The van der Waals surface area contributed by atoms with E-state index in [1.54, 1.807) is 4.90 Å². The first kappa shape index (κ1) is 20.0. The summed E-state index contributed by atoms with van der Waals surface area (Å²) in [5.41, 5.74) is 2.74. The van der Waals surface area contributed by atoms with E-state index in [0.717, 1.165) is 57.1 Å². The van der Waals surface area contributed by atoms with Crippen LogP contribution in [0.1, 0.15) is 28.8 Å². The molecule has 1 aromatic carbocycles. The fourth-order valence-electron chi connectivity index (χ4n) is 5.07. The molecule has 3 amide bonds. The summed E-state index contributed by atoms with van der Waals surface area (Å²) in [6.07, 6.45) is 6.08. The zero-order valence-electron chi connectivity index (χ0n) is 17.5. The lowest BCUT2D eigenvalue weighted by atomic mass is 10.0. The summed E-state index contributed by atoms with van der Waals surface area (Å²) in [6, 6.07) is 5.96. The van der Waals surface area contributed by atoms with Gasteiger partial charge in [-0.1, -0.05) is 5.92 Å². The number of amides is 3. The second-order valence-corrected chi connectivity index (χ2v) is 8.82. The van der Waals surface area contributed by atoms with Gasteiger partial charge in [-0.2, -0.15) is 0 Å². The number of carbonyl (C=O) groups is 3. The molecule has 0 bridgehead atoms. The summed E-state index contributed by atoms with van der Waals surface area (Å²) >= 11 is 0. The number of benzene rings is 1. The molecule has 162 valence electrons. The van der Waals surface area contributed by atoms with Gasteiger partial charge in [-0.25, -0.2) is 0 Å². The van der Waals surface area contributed by atoms with Crippen molar-refractivity contribution < 1.29 is 14.4 Å². The van der Waals surface area contributed by atoms with Crippen LogP contribution < -0.4 is 10.2 Å². The molecule has 0 radical (unpaired) electrons. The van der Waals surface area contributed by atoms with Gasteiger partial charge in [0.1, 0.15) is 6.04 Å². The topological polar surface area (TPSA) is 76.2 Å². The van der Waals surface area contributed by atoms with Crippen molar-refractivity contribution in [2.24, 2.45) is 0 Å². The van der Waals surface area contributed by atoms with Crippen molar-refractivity contribution in [3.63, 3.8) is 0 Å². The molecule has 5 rings (SSSR count). The second kappa shape index (κ2) is 7.98. The first-order chi connectivity index (χ1) is 15.0. The van der Waals surface area contributed by atoms with E-state index in [0.29, 0.717) is 24.6 Å². The number of rotatable bonds is 4. The third-order valence-electron chi connectivity index (χ3n) is 6.97. The molecule has 8 heteroatoms. The van der Waals surface area contributed by atoms with Gasteiger partial charge >= 0.3 is 0 Å². The van der Waals surface area contributed by atoms with E-state index in [-0.39, 0.29) is 24.1 Å². The summed E-state index contributed by atoms with van der Waals surface area (Å²) < 4.78 is 0. The van der Waals surface area contributed by atoms with Gasteiger partial charge in [-0.05, 0) is 30.2 Å². The van der Waals surface area contributed by atoms with Crippen LogP contribution in [0.5, 0.6) is 0 Å². The number of piperazine rings is 1. The third kappa shape index (κ3) is 3.68. The Hall–Kier alpha value is -2.89. The molecule has 4 aliphatic heterocycles. The van der Waals surface area contributed by atoms with Gasteiger partial charge in [0.05, 0.1) is 6.54 Å². The fourth-order valence-corrected chi connectivity index (χ4v) is 5.07. The van der Waals surface area contributed by atoms with Gasteiger partial charge in [0, 0.05) is 69.5 Å². The second-order valence-electron chi connectivity index (χ2n) is 8.82. The van der Waals surface area contributed by atoms with E-state index >= 15 is 0 Å². The Morgan fingerprint density at radius 1 is 1.10 bits per heavy atom. The largest absolute Gasteiger partial charge is 0.368 e. The molecule has 1 N–H and O–H groups in total. The van der Waals surface area contributed by atoms with Crippen LogP contribution in [0.25, 0.3) is 0 Å². The van der Waals surface area contributed by atoms with E-state index in [4.69, 9.17) is 6.42 Å². The average molecular weight is 422 g/mol. The number of hydrogen-bond acceptors (Lipinski definition) is 6. The Labute approximate surface area is 182 Å². The van der Waals surface area contributed by atoms with Gasteiger partial charge in [-0.15, -0.1) is 6.42 Å². The maximum Gasteiger partial charge on any atom is 0.255 e. The standard InChI is InChI=1S/C23H27N5O3/c1-2-7-25-8-10-26(11-9-25)18-14-27(15-18)17-3-4-19-16(12-17)13-28(23(19)31)20-5-6-21(29)24-22(20)30/h1,3-4,12,18,20H,5-11,13-15H2,(H,24,29,30). The van der Waals surface area contributed by atoms with E-state index in [2.05, 4.69) is 32.0 Å². The zero-order valence-corrected chi connectivity index (χ0v) is 17.5. The molecule has 3 saturated heterocycles. The molecule has 3 fully saturated rings. The van der Waals surface area contributed by atoms with Gasteiger partial charge in [0.15, 0.2) is 0 Å². The molecule has 1 aromatic rings. The first-order valence-corrected chi connectivity index (χ1v) is 11.0. The average Bonchev–Trinajstić information content (AvgIpc) is 3.04. The quantitative estimate of drug-likeness (QED) is 0.540. The minimum atomic E-state index is -0.567. The minimum absolute atomic E-state index is 0.123. The highest BCUT2D eigenvalue weighted by atomic mass is 16.2. The van der Waals surface area contributed by atoms with Crippen molar-refractivity contribution in [3.8, 4) is 12.3 Å². The van der Waals surface area contributed by atoms with E-state index in [1.807, 2.05) is 12.1 Å². The third-order valence-corrected chi connectivity index (χ3v) is 6.97. The smallest absolute Gasteiger partial charge is 0.255 e. The van der Waals surface area contributed by atoms with Crippen LogP contribution in [0.3, 0.4) is 0 Å². The van der Waals surface area contributed by atoms with Crippen molar-refractivity contribution in [1.29, 1.82) is 0 Å². The lowest BCUT2D eigenvalue weighted by molar-refractivity contribution is -0.136. The van der Waals surface area contributed by atoms with Crippen LogP contribution in [0.4, 0.5) is 5.69 Å². The molecule has 31 heavy (non-hydrogen) atoms. The molecule has 0 aromatic heterocycles. The predicted octanol–water partition coefficient (Wildman–Crippen LogP) is -0.113. The number of terminal acetylenes is 1. The number of nitrogens with zero attached hydrogens (tertiary/aromatic N) is 4. The van der Waals surface area contributed by atoms with Gasteiger partial charge in [0.25, 0.3) is 5.91 Å². The molecule has 4 heterocycles. The highest BCUT2D eigenvalue weighted by Gasteiger charge is 2.40. The number of hydrogen-bond donors (Lipinski definition) is 1. The fraction of sp³-hybridized carbons (Fsp3) is 0.522. The molecule has 4 aliphatic rings. The molecular formula is C23H27N5O3. The zero-order chi connectivity index (χ0) is 21.5. The molecule has 8 nitrogen and oxygen atoms in total. The SMILES string of the molecule is C#CCN1CCN(C2CN(c3ccc4c(c3)CN(C3CCC(=O)NC3=O)C4=O)C2)CC1. The van der Waals surface area contributed by atoms with Crippen LogP contribution in [0, 0.1) is 12.3 Å². The molecule has 1 unspecified atom stereocenters. The summed E-state index contributed by atoms with van der Waals surface area (Å²) in [7, 11) is 0. The van der Waals surface area contributed by atoms with Gasteiger partial charge in [-0.3, -0.25) is 29.5 Å². The molecule has 1 atom stereocenters. The van der Waals surface area contributed by atoms with Crippen LogP contribution in [-0.4, -0.2) is 90.3 Å². The van der Waals surface area contributed by atoms with E-state index < -0.39 is 6.04 Å². The maximum absolute atomic E-state index is 12.8. The number of nitrogens with one attached hydrogen (secondary N) is 1. The normalized spacial score (nSPS) is 25.3. The summed E-state index contributed by atoms with van der Waals surface area (Å²) in [6.45, 7) is 7.28. The Morgan fingerprint density at radius 2 is 1.87 bits per heavy atom. The predicted molar refractivity (Wildman–Crippen MR) is 115 cm³/mol. The highest BCUT2D eigenvalue weighted by molar-refractivity contribution is 6.05. The summed E-state index contributed by atoms with van der Waals surface area (Å²) in [4.78, 5) is 45.3. The summed E-state index contributed by atoms with van der Waals surface area (Å²) in [5, 5.41) is 2.35. The first-order valence-electron chi connectivity index (χ1n) is 11.0. The molecule has 0 aliphatic carbocycles. The van der Waals surface area contributed by atoms with Crippen molar-refractivity contribution >= 4 is 23.4 Å². The Balaban J connectivity index is 1.19. The van der Waals surface area contributed by atoms with Crippen LogP contribution in [-0.2, 0) is 16.1 Å². The van der Waals surface area contributed by atoms with Crippen molar-refractivity contribution in [1.82, 2.24) is 20.0 Å². The van der Waals surface area contributed by atoms with E-state index in [9.17, 15) is 14.4 Å². The lowest BCUT2D eigenvalue weighted by Crippen LogP contribution is -2.63. The highest BCUT2D eigenvalue weighted by Crippen LogP contribution is 2.32. The van der Waals surface area contributed by atoms with Crippen LogP contribution in [0.2, 0.25) is 0 Å². The van der Waals surface area contributed by atoms with Crippen molar-refractivity contribution in [2.45, 2.75) is 31.5 Å². The Kier molecular flexibility index (Phi) is 5.16. The number of anilines is 1. The van der Waals surface area contributed by atoms with E-state index in [1.165, 1.54) is 0 Å². The van der Waals surface area contributed by atoms with Crippen LogP contribution in [0.15, 0.2) is 18.2 Å². The monoisotopic (exact) mass is 421 g/mol. The minimum Gasteiger partial charge on any atom is -0.368 e. The molecule has 0 spiro atoms. The molecular weight excluding hydrogens is 394 g/mol. The van der Waals surface area contributed by atoms with Crippen molar-refractivity contribution in [3.05, 3.63) is 29.3 Å².